The van der Waals surface area contributed by atoms with E-state index in [-0.39, 0.29) is 5.91 Å². The number of nitrogens with one attached hydrogen (secondary N) is 1. The maximum absolute atomic E-state index is 11.8. The minimum atomic E-state index is -0.0562. The van der Waals surface area contributed by atoms with Crippen molar-refractivity contribution in [1.82, 2.24) is 5.32 Å². The number of carbonyl (C=O) groups excluding carboxylic acids is 1. The summed E-state index contributed by atoms with van der Waals surface area (Å²) in [7, 11) is 0. The molecule has 7 heteroatoms. The molecule has 1 N–H and O–H groups in total. The fraction of sp³-hybridized carbons (Fsp3) is 0.500. The topological polar surface area (TPSA) is 38.3 Å². The summed E-state index contributed by atoms with van der Waals surface area (Å²) >= 11 is 11.5. The van der Waals surface area contributed by atoms with Crippen LogP contribution < -0.4 is 5.32 Å². The van der Waals surface area contributed by atoms with E-state index in [4.69, 9.17) is 4.74 Å². The molecular formula is C10H12Br3NO2S. The molecule has 3 nitrogen and oxygen atoms in total. The number of hydrogen-bond donors (Lipinski definition) is 1. The lowest BCUT2D eigenvalue weighted by atomic mass is 10.3. The number of amides is 1. The second kappa shape index (κ2) is 8.63. The van der Waals surface area contributed by atoms with E-state index >= 15 is 0 Å². The van der Waals surface area contributed by atoms with Gasteiger partial charge in [0, 0.05) is 18.5 Å². The highest BCUT2D eigenvalue weighted by molar-refractivity contribution is 9.12. The van der Waals surface area contributed by atoms with E-state index in [9.17, 15) is 4.79 Å². The van der Waals surface area contributed by atoms with E-state index in [2.05, 4.69) is 53.1 Å². The molecule has 96 valence electrons. The first-order valence-corrected chi connectivity index (χ1v) is 8.54. The Bertz CT molecular complexity index is 370. The molecule has 17 heavy (non-hydrogen) atoms. The summed E-state index contributed by atoms with van der Waals surface area (Å²) in [5.74, 6) is -0.0562. The lowest BCUT2D eigenvalue weighted by Gasteiger charge is -2.04. The zero-order valence-electron chi connectivity index (χ0n) is 8.97. The summed E-state index contributed by atoms with van der Waals surface area (Å²) in [6, 6.07) is 1.81. The van der Waals surface area contributed by atoms with Crippen LogP contribution >= 0.6 is 59.1 Å². The van der Waals surface area contributed by atoms with E-state index in [1.54, 1.807) is 0 Å². The smallest absolute Gasteiger partial charge is 0.253 e. The second-order valence-electron chi connectivity index (χ2n) is 3.15. The molecular weight excluding hydrogens is 438 g/mol. The Kier molecular flexibility index (Phi) is 7.94. The quantitative estimate of drug-likeness (QED) is 0.508. The van der Waals surface area contributed by atoms with E-state index in [0.29, 0.717) is 25.3 Å². The Morgan fingerprint density at radius 3 is 2.76 bits per heavy atom. The Hall–Kier alpha value is 0.570. The van der Waals surface area contributed by atoms with Crippen LogP contribution in [0.25, 0.3) is 0 Å². The van der Waals surface area contributed by atoms with Crippen molar-refractivity contribution in [2.45, 2.75) is 6.42 Å². The largest absolute Gasteiger partial charge is 0.381 e. The van der Waals surface area contributed by atoms with Crippen molar-refractivity contribution in [3.05, 3.63) is 19.2 Å². The normalized spacial score (nSPS) is 10.5. The third-order valence-corrected chi connectivity index (χ3v) is 4.54. The first-order valence-electron chi connectivity index (χ1n) is 5.02. The van der Waals surface area contributed by atoms with Gasteiger partial charge >= 0.3 is 0 Å². The molecule has 1 aromatic rings. The van der Waals surface area contributed by atoms with Gasteiger partial charge in [0.15, 0.2) is 0 Å². The van der Waals surface area contributed by atoms with E-state index in [1.165, 1.54) is 11.3 Å². The lowest BCUT2D eigenvalue weighted by molar-refractivity contribution is 0.0944. The van der Waals surface area contributed by atoms with Gasteiger partial charge in [0.1, 0.15) is 0 Å². The predicted octanol–water partition coefficient (Wildman–Crippen LogP) is 3.80. The van der Waals surface area contributed by atoms with E-state index in [1.807, 2.05) is 6.07 Å². The van der Waals surface area contributed by atoms with E-state index in [0.717, 1.165) is 19.3 Å². The Labute approximate surface area is 130 Å². The van der Waals surface area contributed by atoms with Gasteiger partial charge < -0.3 is 10.1 Å². The maximum Gasteiger partial charge on any atom is 0.253 e. The average molecular weight is 450 g/mol. The third-order valence-electron chi connectivity index (χ3n) is 1.87. The number of carbonyl (C=O) groups is 1. The number of alkyl halides is 1. The van der Waals surface area contributed by atoms with Gasteiger partial charge in [-0.05, 0) is 44.3 Å². The zero-order chi connectivity index (χ0) is 12.7. The fourth-order valence-electron chi connectivity index (χ4n) is 1.12. The summed E-state index contributed by atoms with van der Waals surface area (Å²) in [6.07, 6.45) is 0.821. The second-order valence-corrected chi connectivity index (χ2v) is 7.69. The van der Waals surface area contributed by atoms with Crippen molar-refractivity contribution in [2.75, 3.05) is 25.1 Å². The molecule has 0 fully saturated rings. The molecule has 0 aromatic carbocycles. The van der Waals surface area contributed by atoms with Crippen LogP contribution in [0, 0.1) is 0 Å². The molecule has 1 amide bonds. The van der Waals surface area contributed by atoms with Crippen molar-refractivity contribution < 1.29 is 9.53 Å². The van der Waals surface area contributed by atoms with Gasteiger partial charge in [0.05, 0.1) is 19.7 Å². The van der Waals surface area contributed by atoms with Gasteiger partial charge in [0.2, 0.25) is 0 Å². The fourth-order valence-corrected chi connectivity index (χ4v) is 4.15. The molecule has 0 saturated carbocycles. The molecule has 0 atom stereocenters. The summed E-state index contributed by atoms with van der Waals surface area (Å²) < 4.78 is 7.07. The standard InChI is InChI=1S/C10H12Br3NO2S/c11-2-5-16-4-1-3-14-10(15)7-6-8(12)17-9(7)13/h6H,1-5H2,(H,14,15). The van der Waals surface area contributed by atoms with Gasteiger partial charge in [0.25, 0.3) is 5.91 Å². The molecule has 1 aromatic heterocycles. The van der Waals surface area contributed by atoms with Crippen LogP contribution in [0.2, 0.25) is 0 Å². The van der Waals surface area contributed by atoms with Crippen LogP contribution in [0.15, 0.2) is 13.6 Å². The first-order chi connectivity index (χ1) is 8.15. The summed E-state index contributed by atoms with van der Waals surface area (Å²) in [5.41, 5.74) is 0.670. The van der Waals surface area contributed by atoms with Crippen LogP contribution in [0.3, 0.4) is 0 Å². The van der Waals surface area contributed by atoms with Crippen molar-refractivity contribution in [3.8, 4) is 0 Å². The molecule has 1 rings (SSSR count). The van der Waals surface area contributed by atoms with Crippen molar-refractivity contribution in [3.63, 3.8) is 0 Å². The first kappa shape index (κ1) is 15.6. The highest BCUT2D eigenvalue weighted by Crippen LogP contribution is 2.31. The number of rotatable bonds is 7. The van der Waals surface area contributed by atoms with Crippen molar-refractivity contribution in [2.24, 2.45) is 0 Å². The minimum absolute atomic E-state index is 0.0562. The minimum Gasteiger partial charge on any atom is -0.381 e. The Balaban J connectivity index is 2.23. The van der Waals surface area contributed by atoms with Gasteiger partial charge in [-0.3, -0.25) is 4.79 Å². The number of hydrogen-bond acceptors (Lipinski definition) is 3. The third kappa shape index (κ3) is 5.83. The molecule has 0 aliphatic rings. The molecule has 0 bridgehead atoms. The highest BCUT2D eigenvalue weighted by atomic mass is 79.9. The molecule has 0 unspecified atom stereocenters. The van der Waals surface area contributed by atoms with Crippen molar-refractivity contribution in [1.29, 1.82) is 0 Å². The van der Waals surface area contributed by atoms with Crippen LogP contribution in [-0.4, -0.2) is 31.0 Å². The summed E-state index contributed by atoms with van der Waals surface area (Å²) in [4.78, 5) is 11.8. The maximum atomic E-state index is 11.8. The summed E-state index contributed by atoms with van der Waals surface area (Å²) in [5, 5.41) is 3.70. The highest BCUT2D eigenvalue weighted by Gasteiger charge is 2.12. The van der Waals surface area contributed by atoms with Crippen LogP contribution in [0.1, 0.15) is 16.8 Å². The van der Waals surface area contributed by atoms with E-state index < -0.39 is 0 Å². The van der Waals surface area contributed by atoms with Gasteiger partial charge in [-0.15, -0.1) is 11.3 Å². The molecule has 0 aliphatic carbocycles. The average Bonchev–Trinajstić information content (AvgIpc) is 2.62. The molecule has 0 aliphatic heterocycles. The SMILES string of the molecule is O=C(NCCCOCCBr)c1cc(Br)sc1Br. The molecule has 0 spiro atoms. The number of ether oxygens (including phenoxy) is 1. The monoisotopic (exact) mass is 447 g/mol. The Morgan fingerprint density at radius 2 is 2.18 bits per heavy atom. The number of halogens is 3. The van der Waals surface area contributed by atoms with Gasteiger partial charge in [-0.2, -0.15) is 0 Å². The molecule has 0 saturated heterocycles. The Morgan fingerprint density at radius 1 is 1.41 bits per heavy atom. The predicted molar refractivity (Wildman–Crippen MR) is 81.3 cm³/mol. The molecule has 1 heterocycles. The van der Waals surface area contributed by atoms with Crippen molar-refractivity contribution >= 4 is 65.0 Å². The van der Waals surface area contributed by atoms with Crippen LogP contribution in [0.4, 0.5) is 0 Å². The summed E-state index contributed by atoms with van der Waals surface area (Å²) in [6.45, 7) is 2.00. The zero-order valence-corrected chi connectivity index (χ0v) is 14.5. The van der Waals surface area contributed by atoms with Crippen LogP contribution in [0.5, 0.6) is 0 Å². The van der Waals surface area contributed by atoms with Gasteiger partial charge in [-0.25, -0.2) is 0 Å². The molecule has 0 radical (unpaired) electrons. The van der Waals surface area contributed by atoms with Gasteiger partial charge in [-0.1, -0.05) is 15.9 Å². The number of thiophene rings is 1. The lowest BCUT2D eigenvalue weighted by Crippen LogP contribution is -2.25. The van der Waals surface area contributed by atoms with Crippen LogP contribution in [-0.2, 0) is 4.74 Å².